The van der Waals surface area contributed by atoms with Gasteiger partial charge in [0, 0.05) is 13.1 Å². The van der Waals surface area contributed by atoms with Crippen LogP contribution in [0.25, 0.3) is 0 Å². The molecule has 4 N–H and O–H groups in total. The SMILES string of the molecule is CC(C)CN(C)CC(C)(N)C(N)=O. The molecule has 4 nitrogen and oxygen atoms in total. The molecule has 1 atom stereocenters. The molecule has 0 aliphatic heterocycles. The van der Waals surface area contributed by atoms with Crippen LogP contribution in [0.5, 0.6) is 0 Å². The Hall–Kier alpha value is -0.610. The van der Waals surface area contributed by atoms with Gasteiger partial charge in [-0.2, -0.15) is 0 Å². The highest BCUT2D eigenvalue weighted by Gasteiger charge is 2.27. The first-order valence-electron chi connectivity index (χ1n) is 4.53. The maximum Gasteiger partial charge on any atom is 0.238 e. The van der Waals surface area contributed by atoms with Gasteiger partial charge in [0.05, 0.1) is 0 Å². The van der Waals surface area contributed by atoms with E-state index in [1.807, 2.05) is 11.9 Å². The third-order valence-electron chi connectivity index (χ3n) is 1.84. The van der Waals surface area contributed by atoms with Crippen LogP contribution in [0.15, 0.2) is 0 Å². The van der Waals surface area contributed by atoms with Crippen LogP contribution in [0.3, 0.4) is 0 Å². The van der Waals surface area contributed by atoms with Gasteiger partial charge in [-0.15, -0.1) is 0 Å². The monoisotopic (exact) mass is 187 g/mol. The van der Waals surface area contributed by atoms with Crippen molar-refractivity contribution in [3.8, 4) is 0 Å². The van der Waals surface area contributed by atoms with E-state index in [-0.39, 0.29) is 0 Å². The quantitative estimate of drug-likeness (QED) is 0.625. The molecule has 0 aromatic heterocycles. The summed E-state index contributed by atoms with van der Waals surface area (Å²) in [5.41, 5.74) is 9.95. The van der Waals surface area contributed by atoms with E-state index in [1.165, 1.54) is 0 Å². The highest BCUT2D eigenvalue weighted by atomic mass is 16.1. The molecule has 0 aliphatic rings. The second-order valence-electron chi connectivity index (χ2n) is 4.37. The number of hydrogen-bond acceptors (Lipinski definition) is 3. The molecule has 0 saturated carbocycles. The standard InChI is InChI=1S/C9H21N3O/c1-7(2)5-12(4)6-9(3,11)8(10)13/h7H,5-6,11H2,1-4H3,(H2,10,13). The summed E-state index contributed by atoms with van der Waals surface area (Å²) in [6.45, 7) is 7.32. The zero-order valence-electron chi connectivity index (χ0n) is 9.00. The molecular weight excluding hydrogens is 166 g/mol. The van der Waals surface area contributed by atoms with E-state index in [2.05, 4.69) is 13.8 Å². The van der Waals surface area contributed by atoms with Crippen molar-refractivity contribution in [3.05, 3.63) is 0 Å². The van der Waals surface area contributed by atoms with Crippen LogP contribution in [-0.2, 0) is 4.79 Å². The fourth-order valence-corrected chi connectivity index (χ4v) is 1.33. The van der Waals surface area contributed by atoms with Gasteiger partial charge in [0.15, 0.2) is 0 Å². The maximum atomic E-state index is 10.9. The number of nitrogens with two attached hydrogens (primary N) is 2. The average Bonchev–Trinajstić information content (AvgIpc) is 1.82. The van der Waals surface area contributed by atoms with Crippen molar-refractivity contribution in [2.75, 3.05) is 20.1 Å². The van der Waals surface area contributed by atoms with Gasteiger partial charge in [0.2, 0.25) is 5.91 Å². The number of carbonyl (C=O) groups is 1. The summed E-state index contributed by atoms with van der Waals surface area (Å²) < 4.78 is 0. The summed E-state index contributed by atoms with van der Waals surface area (Å²) in [5, 5.41) is 0. The molecule has 0 aromatic carbocycles. The fourth-order valence-electron chi connectivity index (χ4n) is 1.33. The van der Waals surface area contributed by atoms with Crippen LogP contribution < -0.4 is 11.5 Å². The second kappa shape index (κ2) is 4.58. The first-order chi connectivity index (χ1) is 5.75. The molecule has 13 heavy (non-hydrogen) atoms. The molecule has 0 radical (unpaired) electrons. The number of carbonyl (C=O) groups excluding carboxylic acids is 1. The lowest BCUT2D eigenvalue weighted by atomic mass is 10.0. The molecule has 0 spiro atoms. The van der Waals surface area contributed by atoms with Crippen molar-refractivity contribution >= 4 is 5.91 Å². The Morgan fingerprint density at radius 1 is 1.54 bits per heavy atom. The minimum Gasteiger partial charge on any atom is -0.368 e. The lowest BCUT2D eigenvalue weighted by Gasteiger charge is -2.28. The Kier molecular flexibility index (Phi) is 4.36. The van der Waals surface area contributed by atoms with Crippen LogP contribution in [0, 0.1) is 5.92 Å². The fraction of sp³-hybridized carbons (Fsp3) is 0.889. The molecule has 78 valence electrons. The summed E-state index contributed by atoms with van der Waals surface area (Å²) >= 11 is 0. The van der Waals surface area contributed by atoms with Gasteiger partial charge in [-0.05, 0) is 19.9 Å². The molecule has 1 amide bonds. The molecule has 0 saturated heterocycles. The van der Waals surface area contributed by atoms with Crippen molar-refractivity contribution in [2.45, 2.75) is 26.3 Å². The van der Waals surface area contributed by atoms with Crippen LogP contribution in [0.2, 0.25) is 0 Å². The molecule has 4 heteroatoms. The predicted molar refractivity (Wildman–Crippen MR) is 54.1 cm³/mol. The van der Waals surface area contributed by atoms with E-state index in [9.17, 15) is 4.79 Å². The molecule has 1 unspecified atom stereocenters. The van der Waals surface area contributed by atoms with Crippen LogP contribution in [0.4, 0.5) is 0 Å². The minimum absolute atomic E-state index is 0.455. The van der Waals surface area contributed by atoms with Crippen molar-refractivity contribution < 1.29 is 4.79 Å². The van der Waals surface area contributed by atoms with Gasteiger partial charge in [-0.25, -0.2) is 0 Å². The number of primary amides is 1. The topological polar surface area (TPSA) is 72.3 Å². The van der Waals surface area contributed by atoms with Crippen LogP contribution >= 0.6 is 0 Å². The van der Waals surface area contributed by atoms with Gasteiger partial charge in [0.1, 0.15) is 5.54 Å². The maximum absolute atomic E-state index is 10.9. The Morgan fingerprint density at radius 3 is 2.31 bits per heavy atom. The van der Waals surface area contributed by atoms with E-state index in [4.69, 9.17) is 11.5 Å². The first-order valence-corrected chi connectivity index (χ1v) is 4.53. The van der Waals surface area contributed by atoms with Crippen molar-refractivity contribution in [3.63, 3.8) is 0 Å². The van der Waals surface area contributed by atoms with Crippen molar-refractivity contribution in [1.29, 1.82) is 0 Å². The highest BCUT2D eigenvalue weighted by molar-refractivity contribution is 5.84. The average molecular weight is 187 g/mol. The largest absolute Gasteiger partial charge is 0.368 e. The van der Waals surface area contributed by atoms with Crippen molar-refractivity contribution in [2.24, 2.45) is 17.4 Å². The van der Waals surface area contributed by atoms with E-state index in [0.717, 1.165) is 6.54 Å². The Bertz CT molecular complexity index is 178. The number of hydrogen-bond donors (Lipinski definition) is 2. The lowest BCUT2D eigenvalue weighted by molar-refractivity contribution is -0.123. The van der Waals surface area contributed by atoms with Crippen LogP contribution in [0.1, 0.15) is 20.8 Å². The summed E-state index contributed by atoms with van der Waals surface area (Å²) in [6, 6.07) is 0. The zero-order valence-corrected chi connectivity index (χ0v) is 9.00. The summed E-state index contributed by atoms with van der Waals surface area (Å²) in [5.74, 6) is 0.108. The second-order valence-corrected chi connectivity index (χ2v) is 4.37. The number of rotatable bonds is 5. The van der Waals surface area contributed by atoms with E-state index in [1.54, 1.807) is 6.92 Å². The molecule has 0 heterocycles. The van der Waals surface area contributed by atoms with Crippen molar-refractivity contribution in [1.82, 2.24) is 4.90 Å². The first kappa shape index (κ1) is 12.4. The van der Waals surface area contributed by atoms with E-state index in [0.29, 0.717) is 12.5 Å². The lowest BCUT2D eigenvalue weighted by Crippen LogP contribution is -2.56. The van der Waals surface area contributed by atoms with E-state index < -0.39 is 11.4 Å². The normalized spacial score (nSPS) is 16.2. The van der Waals surface area contributed by atoms with Gasteiger partial charge >= 0.3 is 0 Å². The number of likely N-dealkylation sites (N-methyl/N-ethyl adjacent to an activating group) is 1. The molecule has 0 aromatic rings. The molecule has 0 aliphatic carbocycles. The Labute approximate surface area is 80.3 Å². The van der Waals surface area contributed by atoms with E-state index >= 15 is 0 Å². The Balaban J connectivity index is 4.04. The summed E-state index contributed by atoms with van der Waals surface area (Å²) in [6.07, 6.45) is 0. The molecule has 0 rings (SSSR count). The zero-order chi connectivity index (χ0) is 10.6. The van der Waals surface area contributed by atoms with Gasteiger partial charge in [-0.3, -0.25) is 4.79 Å². The minimum atomic E-state index is -0.927. The third kappa shape index (κ3) is 4.85. The molecule has 0 fully saturated rings. The van der Waals surface area contributed by atoms with Gasteiger partial charge < -0.3 is 16.4 Å². The summed E-state index contributed by atoms with van der Waals surface area (Å²) in [4.78, 5) is 12.9. The summed E-state index contributed by atoms with van der Waals surface area (Å²) in [7, 11) is 1.94. The Morgan fingerprint density at radius 2 is 2.00 bits per heavy atom. The van der Waals surface area contributed by atoms with Gasteiger partial charge in [0.25, 0.3) is 0 Å². The highest BCUT2D eigenvalue weighted by Crippen LogP contribution is 2.03. The molecule has 0 bridgehead atoms. The smallest absolute Gasteiger partial charge is 0.238 e. The molecular formula is C9H21N3O. The third-order valence-corrected chi connectivity index (χ3v) is 1.84. The number of nitrogens with zero attached hydrogens (tertiary/aromatic N) is 1. The number of amides is 1. The van der Waals surface area contributed by atoms with Crippen LogP contribution in [-0.4, -0.2) is 36.5 Å². The van der Waals surface area contributed by atoms with Gasteiger partial charge in [-0.1, -0.05) is 13.8 Å². The predicted octanol–water partition coefficient (Wildman–Crippen LogP) is -0.223.